The van der Waals surface area contributed by atoms with Crippen LogP contribution in [-0.4, -0.2) is 41.2 Å². The van der Waals surface area contributed by atoms with Crippen LogP contribution in [-0.2, 0) is 4.74 Å². The van der Waals surface area contributed by atoms with E-state index in [1.807, 2.05) is 0 Å². The molecule has 1 heterocycles. The second-order valence-corrected chi connectivity index (χ2v) is 7.35. The summed E-state index contributed by atoms with van der Waals surface area (Å²) in [5, 5.41) is 11.1. The number of cyclic esters (lactones) is 1. The van der Waals surface area contributed by atoms with Gasteiger partial charge in [-0.25, -0.2) is 4.79 Å². The first-order valence-corrected chi connectivity index (χ1v) is 7.87. The molecular formula is C15H26N2O4. The molecule has 0 aromatic rings. The number of rotatable bonds is 4. The van der Waals surface area contributed by atoms with Crippen molar-refractivity contribution in [1.29, 1.82) is 0 Å². The van der Waals surface area contributed by atoms with Gasteiger partial charge in [-0.05, 0) is 24.2 Å². The van der Waals surface area contributed by atoms with Gasteiger partial charge >= 0.3 is 6.09 Å². The van der Waals surface area contributed by atoms with Crippen molar-refractivity contribution in [1.82, 2.24) is 4.90 Å². The highest BCUT2D eigenvalue weighted by molar-refractivity contribution is 5.70. The van der Waals surface area contributed by atoms with Gasteiger partial charge < -0.3 is 4.74 Å². The number of ether oxygens (including phenoxy) is 1. The second-order valence-electron chi connectivity index (χ2n) is 7.35. The summed E-state index contributed by atoms with van der Waals surface area (Å²) in [6.45, 7) is 6.32. The van der Waals surface area contributed by atoms with Gasteiger partial charge in [-0.15, -0.1) is 0 Å². The number of nitro groups is 1. The number of nitrogens with zero attached hydrogens (tertiary/aromatic N) is 2. The van der Waals surface area contributed by atoms with Gasteiger partial charge in [0.05, 0.1) is 6.04 Å². The summed E-state index contributed by atoms with van der Waals surface area (Å²) in [6.07, 6.45) is 4.95. The molecule has 0 N–H and O–H groups in total. The standard InChI is InChI=1S/C15H26N2O4/c1-15(2,3)13-10-21-14(18)17(13)12(9-16(19)20)11-7-5-4-6-8-11/h11-13H,4-10H2,1-3H3/t12-,13-/m1/s1. The maximum Gasteiger partial charge on any atom is 0.410 e. The molecule has 0 aromatic carbocycles. The molecule has 0 unspecified atom stereocenters. The van der Waals surface area contributed by atoms with Crippen LogP contribution in [0, 0.1) is 21.4 Å². The Bertz CT molecular complexity index is 399. The normalized spacial score (nSPS) is 25.8. The average Bonchev–Trinajstić information content (AvgIpc) is 2.78. The fraction of sp³-hybridized carbons (Fsp3) is 0.933. The van der Waals surface area contributed by atoms with Gasteiger partial charge in [0.2, 0.25) is 6.54 Å². The van der Waals surface area contributed by atoms with Crippen LogP contribution in [0.5, 0.6) is 0 Å². The van der Waals surface area contributed by atoms with Crippen LogP contribution in [0.4, 0.5) is 4.79 Å². The van der Waals surface area contributed by atoms with Gasteiger partial charge in [-0.3, -0.25) is 15.0 Å². The van der Waals surface area contributed by atoms with E-state index in [0.717, 1.165) is 25.7 Å². The quantitative estimate of drug-likeness (QED) is 0.590. The van der Waals surface area contributed by atoms with Gasteiger partial charge in [0.1, 0.15) is 12.6 Å². The lowest BCUT2D eigenvalue weighted by molar-refractivity contribution is -0.488. The van der Waals surface area contributed by atoms with E-state index >= 15 is 0 Å². The number of hydrogen-bond acceptors (Lipinski definition) is 4. The summed E-state index contributed by atoms with van der Waals surface area (Å²) in [7, 11) is 0. The number of amides is 1. The van der Waals surface area contributed by atoms with Crippen molar-refractivity contribution in [2.45, 2.75) is 65.0 Å². The fourth-order valence-electron chi connectivity index (χ4n) is 3.60. The monoisotopic (exact) mass is 298 g/mol. The van der Waals surface area contributed by atoms with Crippen LogP contribution in [0.2, 0.25) is 0 Å². The summed E-state index contributed by atoms with van der Waals surface area (Å²) in [6, 6.07) is -0.420. The van der Waals surface area contributed by atoms with Gasteiger partial charge in [0.25, 0.3) is 0 Å². The van der Waals surface area contributed by atoms with E-state index in [1.54, 1.807) is 4.90 Å². The van der Waals surface area contributed by atoms with Gasteiger partial charge in [0.15, 0.2) is 0 Å². The minimum absolute atomic E-state index is 0.0862. The molecule has 1 aliphatic heterocycles. The Hall–Kier alpha value is -1.33. The van der Waals surface area contributed by atoms with Crippen molar-refractivity contribution in [2.75, 3.05) is 13.2 Å². The first-order valence-electron chi connectivity index (χ1n) is 7.87. The van der Waals surface area contributed by atoms with Crippen molar-refractivity contribution in [3.63, 3.8) is 0 Å². The minimum Gasteiger partial charge on any atom is -0.447 e. The first kappa shape index (κ1) is 16.0. The van der Waals surface area contributed by atoms with E-state index in [2.05, 4.69) is 20.8 Å². The van der Waals surface area contributed by atoms with Crippen LogP contribution in [0.1, 0.15) is 52.9 Å². The largest absolute Gasteiger partial charge is 0.447 e. The number of carbonyl (C=O) groups is 1. The molecule has 1 amide bonds. The van der Waals surface area contributed by atoms with Crippen LogP contribution in [0.25, 0.3) is 0 Å². The Kier molecular flexibility index (Phi) is 4.74. The van der Waals surface area contributed by atoms with Crippen LogP contribution < -0.4 is 0 Å². The number of carbonyl (C=O) groups excluding carboxylic acids is 1. The molecule has 1 aliphatic carbocycles. The molecule has 2 fully saturated rings. The Labute approximate surface area is 126 Å². The molecule has 1 saturated carbocycles. The summed E-state index contributed by atoms with van der Waals surface area (Å²) in [5.74, 6) is 0.222. The lowest BCUT2D eigenvalue weighted by Gasteiger charge is -2.40. The van der Waals surface area contributed by atoms with E-state index in [4.69, 9.17) is 4.74 Å². The van der Waals surface area contributed by atoms with Crippen molar-refractivity contribution < 1.29 is 14.5 Å². The summed E-state index contributed by atoms with van der Waals surface area (Å²) in [5.41, 5.74) is -0.143. The Morgan fingerprint density at radius 1 is 1.33 bits per heavy atom. The highest BCUT2D eigenvalue weighted by Gasteiger charge is 2.47. The molecule has 0 spiro atoms. The zero-order chi connectivity index (χ0) is 15.6. The average molecular weight is 298 g/mol. The SMILES string of the molecule is CC(C)(C)[C@H]1COC(=O)N1[C@H](C[N+](=O)[O-])C1CCCCC1. The van der Waals surface area contributed by atoms with Crippen molar-refractivity contribution in [3.05, 3.63) is 10.1 Å². The van der Waals surface area contributed by atoms with Crippen LogP contribution >= 0.6 is 0 Å². The molecule has 0 radical (unpaired) electrons. The van der Waals surface area contributed by atoms with E-state index < -0.39 is 0 Å². The van der Waals surface area contributed by atoms with E-state index in [0.29, 0.717) is 6.61 Å². The van der Waals surface area contributed by atoms with Gasteiger partial charge in [-0.2, -0.15) is 0 Å². The molecule has 2 atom stereocenters. The highest BCUT2D eigenvalue weighted by Crippen LogP contribution is 2.36. The summed E-state index contributed by atoms with van der Waals surface area (Å²) in [4.78, 5) is 24.7. The third-order valence-electron chi connectivity index (χ3n) is 4.80. The molecule has 1 saturated heterocycles. The lowest BCUT2D eigenvalue weighted by atomic mass is 9.80. The Morgan fingerprint density at radius 3 is 2.48 bits per heavy atom. The Morgan fingerprint density at radius 2 is 1.95 bits per heavy atom. The highest BCUT2D eigenvalue weighted by atomic mass is 16.6. The molecule has 0 aromatic heterocycles. The molecule has 0 bridgehead atoms. The maximum atomic E-state index is 12.2. The van der Waals surface area contributed by atoms with Crippen molar-refractivity contribution in [3.8, 4) is 0 Å². The maximum absolute atomic E-state index is 12.2. The zero-order valence-electron chi connectivity index (χ0n) is 13.2. The molecule has 21 heavy (non-hydrogen) atoms. The second kappa shape index (κ2) is 6.20. The van der Waals surface area contributed by atoms with Gasteiger partial charge in [-0.1, -0.05) is 40.0 Å². The number of hydrogen-bond donors (Lipinski definition) is 0. The topological polar surface area (TPSA) is 72.7 Å². The molecule has 2 rings (SSSR count). The third kappa shape index (κ3) is 3.66. The summed E-state index contributed by atoms with van der Waals surface area (Å²) >= 11 is 0. The smallest absolute Gasteiger partial charge is 0.410 e. The van der Waals surface area contributed by atoms with Crippen molar-refractivity contribution >= 4 is 6.09 Å². The van der Waals surface area contributed by atoms with E-state index in [1.165, 1.54) is 6.42 Å². The summed E-state index contributed by atoms with van der Waals surface area (Å²) < 4.78 is 5.22. The van der Waals surface area contributed by atoms with Gasteiger partial charge in [0, 0.05) is 4.92 Å². The van der Waals surface area contributed by atoms with E-state index in [-0.39, 0.29) is 41.0 Å². The first-order chi connectivity index (χ1) is 9.80. The van der Waals surface area contributed by atoms with Crippen molar-refractivity contribution in [2.24, 2.45) is 11.3 Å². The third-order valence-corrected chi connectivity index (χ3v) is 4.80. The van der Waals surface area contributed by atoms with Crippen LogP contribution in [0.3, 0.4) is 0 Å². The predicted molar refractivity (Wildman–Crippen MR) is 78.7 cm³/mol. The lowest BCUT2D eigenvalue weighted by Crippen LogP contribution is -2.53. The van der Waals surface area contributed by atoms with Crippen LogP contribution in [0.15, 0.2) is 0 Å². The molecule has 120 valence electrons. The molecular weight excluding hydrogens is 272 g/mol. The minimum atomic E-state index is -0.382. The van der Waals surface area contributed by atoms with E-state index in [9.17, 15) is 14.9 Å². The molecule has 6 nitrogen and oxygen atoms in total. The Balaban J connectivity index is 2.24. The fourth-order valence-corrected chi connectivity index (χ4v) is 3.60. The molecule has 2 aliphatic rings. The molecule has 6 heteroatoms. The zero-order valence-corrected chi connectivity index (χ0v) is 13.2. The predicted octanol–water partition coefficient (Wildman–Crippen LogP) is 3.08.